The average molecular weight is 337 g/mol. The minimum atomic E-state index is -0.228. The molecule has 0 N–H and O–H groups in total. The zero-order valence-corrected chi connectivity index (χ0v) is 14.7. The van der Waals surface area contributed by atoms with Crippen LogP contribution in [0.1, 0.15) is 37.3 Å². The molecule has 1 saturated heterocycles. The Morgan fingerprint density at radius 1 is 0.880 bits per heavy atom. The first-order valence-electron chi connectivity index (χ1n) is 8.81. The zero-order chi connectivity index (χ0) is 17.4. The molecule has 1 atom stereocenters. The van der Waals surface area contributed by atoms with E-state index >= 15 is 0 Å². The Labute approximate surface area is 148 Å². The van der Waals surface area contributed by atoms with Crippen LogP contribution in [0.4, 0.5) is 5.69 Å². The molecule has 1 heterocycles. The SMILES string of the molecule is COc1ccc([C@H]2N(c3ccc(OC)cc3)C(=O)C23CCCC3)cc1. The molecule has 2 aromatic rings. The number of hydrogen-bond donors (Lipinski definition) is 0. The maximum Gasteiger partial charge on any atom is 0.236 e. The fourth-order valence-corrected chi connectivity index (χ4v) is 4.41. The third-order valence-electron chi connectivity index (χ3n) is 5.70. The smallest absolute Gasteiger partial charge is 0.236 e. The quantitative estimate of drug-likeness (QED) is 0.779. The zero-order valence-electron chi connectivity index (χ0n) is 14.7. The molecule has 2 aromatic carbocycles. The molecule has 0 aromatic heterocycles. The molecule has 4 nitrogen and oxygen atoms in total. The van der Waals surface area contributed by atoms with Crippen molar-refractivity contribution in [3.05, 3.63) is 54.1 Å². The highest BCUT2D eigenvalue weighted by Crippen LogP contribution is 2.60. The maximum absolute atomic E-state index is 13.1. The average Bonchev–Trinajstić information content (AvgIpc) is 3.18. The van der Waals surface area contributed by atoms with Crippen molar-refractivity contribution in [1.29, 1.82) is 0 Å². The van der Waals surface area contributed by atoms with Crippen LogP contribution in [0.3, 0.4) is 0 Å². The second kappa shape index (κ2) is 6.10. The molecule has 130 valence electrons. The molecule has 1 amide bonds. The number of amides is 1. The number of β-lactam (4-membered cyclic amide) rings is 1. The van der Waals surface area contributed by atoms with Gasteiger partial charge in [0.15, 0.2) is 0 Å². The van der Waals surface area contributed by atoms with Crippen LogP contribution in [0.2, 0.25) is 0 Å². The standard InChI is InChI=1S/C21H23NO3/c1-24-17-9-5-15(6-10-17)19-21(13-3-4-14-21)20(23)22(19)16-7-11-18(25-2)12-8-16/h5-12,19H,3-4,13-14H2,1-2H3/t19-/m1/s1. The van der Waals surface area contributed by atoms with Crippen LogP contribution >= 0.6 is 0 Å². The summed E-state index contributed by atoms with van der Waals surface area (Å²) in [7, 11) is 3.32. The topological polar surface area (TPSA) is 38.8 Å². The molecular formula is C21H23NO3. The van der Waals surface area contributed by atoms with E-state index < -0.39 is 0 Å². The lowest BCUT2D eigenvalue weighted by Crippen LogP contribution is -2.62. The van der Waals surface area contributed by atoms with Crippen LogP contribution in [0.15, 0.2) is 48.5 Å². The number of carbonyl (C=O) groups excluding carboxylic acids is 1. The number of methoxy groups -OCH3 is 2. The highest BCUT2D eigenvalue weighted by molar-refractivity contribution is 6.06. The number of nitrogens with zero attached hydrogens (tertiary/aromatic N) is 1. The summed E-state index contributed by atoms with van der Waals surface area (Å²) in [5, 5.41) is 0. The monoisotopic (exact) mass is 337 g/mol. The molecule has 0 unspecified atom stereocenters. The van der Waals surface area contributed by atoms with Gasteiger partial charge in [-0.05, 0) is 54.8 Å². The molecule has 2 aliphatic rings. The number of ether oxygens (including phenoxy) is 2. The number of rotatable bonds is 4. The lowest BCUT2D eigenvalue weighted by Gasteiger charge is -2.55. The van der Waals surface area contributed by atoms with Gasteiger partial charge >= 0.3 is 0 Å². The summed E-state index contributed by atoms with van der Waals surface area (Å²) in [6.07, 6.45) is 4.23. The third-order valence-corrected chi connectivity index (χ3v) is 5.70. The molecule has 4 heteroatoms. The maximum atomic E-state index is 13.1. The van der Waals surface area contributed by atoms with E-state index in [9.17, 15) is 4.79 Å². The van der Waals surface area contributed by atoms with Crippen molar-refractivity contribution < 1.29 is 14.3 Å². The van der Waals surface area contributed by atoms with Gasteiger partial charge in [-0.2, -0.15) is 0 Å². The van der Waals surface area contributed by atoms with E-state index in [0.29, 0.717) is 0 Å². The Bertz CT molecular complexity index is 761. The van der Waals surface area contributed by atoms with E-state index in [1.54, 1.807) is 14.2 Å². The highest BCUT2D eigenvalue weighted by atomic mass is 16.5. The highest BCUT2D eigenvalue weighted by Gasteiger charge is 2.62. The molecule has 2 fully saturated rings. The normalized spacial score (nSPS) is 21.3. The van der Waals surface area contributed by atoms with Crippen LogP contribution in [0.25, 0.3) is 0 Å². The van der Waals surface area contributed by atoms with Crippen LogP contribution in [-0.4, -0.2) is 20.1 Å². The molecule has 1 spiro atoms. The summed E-state index contributed by atoms with van der Waals surface area (Å²) in [6.45, 7) is 0. The molecule has 4 rings (SSSR count). The summed E-state index contributed by atoms with van der Waals surface area (Å²) < 4.78 is 10.5. The summed E-state index contributed by atoms with van der Waals surface area (Å²) in [5.74, 6) is 1.90. The molecule has 25 heavy (non-hydrogen) atoms. The van der Waals surface area contributed by atoms with Gasteiger partial charge in [0.05, 0.1) is 25.7 Å². The van der Waals surface area contributed by atoms with E-state index in [0.717, 1.165) is 42.9 Å². The molecule has 1 aliphatic heterocycles. The Kier molecular flexibility index (Phi) is 3.91. The first-order valence-corrected chi connectivity index (χ1v) is 8.81. The van der Waals surface area contributed by atoms with E-state index in [1.807, 2.05) is 41.3 Å². The fraction of sp³-hybridized carbons (Fsp3) is 0.381. The molecular weight excluding hydrogens is 314 g/mol. The van der Waals surface area contributed by atoms with Crippen molar-refractivity contribution in [1.82, 2.24) is 0 Å². The largest absolute Gasteiger partial charge is 0.497 e. The number of anilines is 1. The lowest BCUT2D eigenvalue weighted by molar-refractivity contribution is -0.139. The van der Waals surface area contributed by atoms with Crippen LogP contribution in [0.5, 0.6) is 11.5 Å². The lowest BCUT2D eigenvalue weighted by atomic mass is 9.66. The Hall–Kier alpha value is -2.49. The predicted octanol–water partition coefficient (Wildman–Crippen LogP) is 4.35. The summed E-state index contributed by atoms with van der Waals surface area (Å²) >= 11 is 0. The predicted molar refractivity (Wildman–Crippen MR) is 97.1 cm³/mol. The molecule has 0 bridgehead atoms. The van der Waals surface area contributed by atoms with Crippen molar-refractivity contribution in [2.45, 2.75) is 31.7 Å². The third kappa shape index (κ3) is 2.39. The van der Waals surface area contributed by atoms with E-state index in [2.05, 4.69) is 12.1 Å². The van der Waals surface area contributed by atoms with Gasteiger partial charge in [-0.25, -0.2) is 0 Å². The first-order chi connectivity index (χ1) is 12.2. The van der Waals surface area contributed by atoms with E-state index in [-0.39, 0.29) is 17.4 Å². The Morgan fingerprint density at radius 2 is 1.40 bits per heavy atom. The van der Waals surface area contributed by atoms with Crippen molar-refractivity contribution in [2.75, 3.05) is 19.1 Å². The van der Waals surface area contributed by atoms with E-state index in [4.69, 9.17) is 9.47 Å². The second-order valence-electron chi connectivity index (χ2n) is 6.91. The van der Waals surface area contributed by atoms with E-state index in [1.165, 1.54) is 5.56 Å². The van der Waals surface area contributed by atoms with Gasteiger partial charge < -0.3 is 14.4 Å². The van der Waals surface area contributed by atoms with Gasteiger partial charge in [0.2, 0.25) is 5.91 Å². The Balaban J connectivity index is 1.72. The van der Waals surface area contributed by atoms with Gasteiger partial charge in [0, 0.05) is 5.69 Å². The molecule has 1 aliphatic carbocycles. The van der Waals surface area contributed by atoms with Gasteiger partial charge in [-0.1, -0.05) is 25.0 Å². The van der Waals surface area contributed by atoms with Crippen LogP contribution < -0.4 is 14.4 Å². The molecule has 0 radical (unpaired) electrons. The van der Waals surface area contributed by atoms with Gasteiger partial charge in [-0.3, -0.25) is 4.79 Å². The first kappa shape index (κ1) is 16.0. The Morgan fingerprint density at radius 3 is 1.92 bits per heavy atom. The summed E-state index contributed by atoms with van der Waals surface area (Å²) in [6, 6.07) is 16.0. The van der Waals surface area contributed by atoms with Crippen LogP contribution in [0, 0.1) is 5.41 Å². The van der Waals surface area contributed by atoms with Crippen molar-refractivity contribution in [2.24, 2.45) is 5.41 Å². The molecule has 1 saturated carbocycles. The minimum absolute atomic E-state index is 0.0989. The van der Waals surface area contributed by atoms with Crippen LogP contribution in [-0.2, 0) is 4.79 Å². The summed E-state index contributed by atoms with van der Waals surface area (Å²) in [4.78, 5) is 15.1. The van der Waals surface area contributed by atoms with Gasteiger partial charge in [-0.15, -0.1) is 0 Å². The van der Waals surface area contributed by atoms with Crippen molar-refractivity contribution in [3.8, 4) is 11.5 Å². The summed E-state index contributed by atoms with van der Waals surface area (Å²) in [5.41, 5.74) is 1.89. The van der Waals surface area contributed by atoms with Crippen molar-refractivity contribution in [3.63, 3.8) is 0 Å². The second-order valence-corrected chi connectivity index (χ2v) is 6.91. The van der Waals surface area contributed by atoms with Gasteiger partial charge in [0.1, 0.15) is 11.5 Å². The fourth-order valence-electron chi connectivity index (χ4n) is 4.41. The number of benzene rings is 2. The minimum Gasteiger partial charge on any atom is -0.497 e. The van der Waals surface area contributed by atoms with Gasteiger partial charge in [0.25, 0.3) is 0 Å². The number of hydrogen-bond acceptors (Lipinski definition) is 3. The van der Waals surface area contributed by atoms with Crippen molar-refractivity contribution >= 4 is 11.6 Å². The number of carbonyl (C=O) groups is 1.